The zero-order valence-corrected chi connectivity index (χ0v) is 10.8. The molecule has 0 amide bonds. The minimum Gasteiger partial charge on any atom is -0.361 e. The van der Waals surface area contributed by atoms with Gasteiger partial charge in [-0.15, -0.1) is 0 Å². The molecule has 1 heterocycles. The lowest BCUT2D eigenvalue weighted by molar-refractivity contribution is 0.718. The number of rotatable bonds is 4. The Morgan fingerprint density at radius 2 is 2.17 bits per heavy atom. The van der Waals surface area contributed by atoms with Crippen LogP contribution in [0.4, 0.5) is 5.82 Å². The summed E-state index contributed by atoms with van der Waals surface area (Å²) < 4.78 is 1.60. The van der Waals surface area contributed by atoms with Crippen molar-refractivity contribution < 1.29 is 0 Å². The molecule has 0 aliphatic rings. The van der Waals surface area contributed by atoms with Crippen molar-refractivity contribution in [3.63, 3.8) is 0 Å². The molecule has 94 valence electrons. The van der Waals surface area contributed by atoms with E-state index in [1.165, 1.54) is 0 Å². The summed E-state index contributed by atoms with van der Waals surface area (Å²) >= 11 is 6.05. The summed E-state index contributed by atoms with van der Waals surface area (Å²) in [5, 5.41) is 3.69. The van der Waals surface area contributed by atoms with Crippen molar-refractivity contribution in [1.29, 1.82) is 0 Å². The number of benzene rings is 1. The highest BCUT2D eigenvalue weighted by Gasteiger charge is 2.04. The van der Waals surface area contributed by atoms with Gasteiger partial charge in [0.1, 0.15) is 0 Å². The molecule has 0 saturated carbocycles. The second-order valence-corrected chi connectivity index (χ2v) is 4.22. The van der Waals surface area contributed by atoms with Crippen molar-refractivity contribution in [3.05, 3.63) is 57.6 Å². The normalized spacial score (nSPS) is 10.3. The molecule has 2 rings (SSSR count). The molecule has 0 atom stereocenters. The SMILES string of the molecule is CCn1ccnc(NCc2ccccc2Cl)c1=O. The average Bonchev–Trinajstić information content (AvgIpc) is 2.39. The van der Waals surface area contributed by atoms with Crippen LogP contribution in [-0.4, -0.2) is 9.55 Å². The second kappa shape index (κ2) is 5.69. The van der Waals surface area contributed by atoms with E-state index in [9.17, 15) is 4.79 Å². The molecule has 0 spiro atoms. The fourth-order valence-electron chi connectivity index (χ4n) is 1.64. The van der Waals surface area contributed by atoms with E-state index in [1.807, 2.05) is 31.2 Å². The van der Waals surface area contributed by atoms with Crippen molar-refractivity contribution in [2.45, 2.75) is 20.0 Å². The van der Waals surface area contributed by atoms with E-state index >= 15 is 0 Å². The Morgan fingerprint density at radius 1 is 1.39 bits per heavy atom. The Labute approximate surface area is 110 Å². The van der Waals surface area contributed by atoms with Crippen LogP contribution in [0.15, 0.2) is 41.5 Å². The van der Waals surface area contributed by atoms with Crippen molar-refractivity contribution in [3.8, 4) is 0 Å². The number of hydrogen-bond acceptors (Lipinski definition) is 3. The molecule has 0 saturated heterocycles. The highest BCUT2D eigenvalue weighted by molar-refractivity contribution is 6.31. The monoisotopic (exact) mass is 263 g/mol. The molecule has 5 heteroatoms. The van der Waals surface area contributed by atoms with E-state index in [2.05, 4.69) is 10.3 Å². The number of anilines is 1. The first kappa shape index (κ1) is 12.6. The summed E-state index contributed by atoms with van der Waals surface area (Å²) in [4.78, 5) is 16.0. The van der Waals surface area contributed by atoms with Crippen LogP contribution in [0.3, 0.4) is 0 Å². The molecule has 4 nitrogen and oxygen atoms in total. The highest BCUT2D eigenvalue weighted by atomic mass is 35.5. The number of hydrogen-bond donors (Lipinski definition) is 1. The predicted octanol–water partition coefficient (Wildman–Crippen LogP) is 2.53. The molecular formula is C13H14ClN3O. The largest absolute Gasteiger partial charge is 0.361 e. The maximum atomic E-state index is 11.9. The third-order valence-electron chi connectivity index (χ3n) is 2.66. The summed E-state index contributed by atoms with van der Waals surface area (Å²) in [5.74, 6) is 0.347. The van der Waals surface area contributed by atoms with Crippen LogP contribution >= 0.6 is 11.6 Å². The molecule has 2 aromatic rings. The lowest BCUT2D eigenvalue weighted by atomic mass is 10.2. The number of halogens is 1. The Kier molecular flexibility index (Phi) is 3.99. The number of aryl methyl sites for hydroxylation is 1. The van der Waals surface area contributed by atoms with Crippen molar-refractivity contribution in [1.82, 2.24) is 9.55 Å². The molecule has 18 heavy (non-hydrogen) atoms. The van der Waals surface area contributed by atoms with Gasteiger partial charge in [-0.3, -0.25) is 4.79 Å². The molecule has 0 aliphatic carbocycles. The molecular weight excluding hydrogens is 250 g/mol. The van der Waals surface area contributed by atoms with Crippen LogP contribution in [-0.2, 0) is 13.1 Å². The Balaban J connectivity index is 2.16. The van der Waals surface area contributed by atoms with Crippen molar-refractivity contribution in [2.24, 2.45) is 0 Å². The Bertz CT molecular complexity index is 595. The van der Waals surface area contributed by atoms with E-state index in [4.69, 9.17) is 11.6 Å². The van der Waals surface area contributed by atoms with E-state index in [0.717, 1.165) is 5.56 Å². The highest BCUT2D eigenvalue weighted by Crippen LogP contribution is 2.15. The maximum absolute atomic E-state index is 11.9. The summed E-state index contributed by atoms with van der Waals surface area (Å²) in [6.07, 6.45) is 3.28. The van der Waals surface area contributed by atoms with Crippen LogP contribution in [0.25, 0.3) is 0 Å². The van der Waals surface area contributed by atoms with Gasteiger partial charge in [0.2, 0.25) is 0 Å². The fourth-order valence-corrected chi connectivity index (χ4v) is 1.84. The van der Waals surface area contributed by atoms with Crippen molar-refractivity contribution >= 4 is 17.4 Å². The molecule has 1 aromatic heterocycles. The number of nitrogens with zero attached hydrogens (tertiary/aromatic N) is 2. The molecule has 1 aromatic carbocycles. The molecule has 0 radical (unpaired) electrons. The van der Waals surface area contributed by atoms with Crippen LogP contribution in [0.1, 0.15) is 12.5 Å². The van der Waals surface area contributed by atoms with Gasteiger partial charge in [0.15, 0.2) is 5.82 Å². The van der Waals surface area contributed by atoms with Gasteiger partial charge in [-0.2, -0.15) is 0 Å². The second-order valence-electron chi connectivity index (χ2n) is 3.81. The third kappa shape index (κ3) is 2.71. The third-order valence-corrected chi connectivity index (χ3v) is 3.03. The Morgan fingerprint density at radius 3 is 2.89 bits per heavy atom. The molecule has 0 fully saturated rings. The molecule has 0 aliphatic heterocycles. The molecule has 0 bridgehead atoms. The number of aromatic nitrogens is 2. The van der Waals surface area contributed by atoms with Crippen LogP contribution in [0.5, 0.6) is 0 Å². The molecule has 1 N–H and O–H groups in total. The van der Waals surface area contributed by atoms with Gasteiger partial charge >= 0.3 is 0 Å². The van der Waals surface area contributed by atoms with Crippen LogP contribution < -0.4 is 10.9 Å². The zero-order chi connectivity index (χ0) is 13.0. The standard InChI is InChI=1S/C13H14ClN3O/c1-2-17-8-7-15-12(13(17)18)16-9-10-5-3-4-6-11(10)14/h3-8H,2,9H2,1H3,(H,15,16). The van der Waals surface area contributed by atoms with Crippen LogP contribution in [0, 0.1) is 0 Å². The summed E-state index contributed by atoms with van der Waals surface area (Å²) in [5.41, 5.74) is 0.819. The van der Waals surface area contributed by atoms with Gasteiger partial charge in [-0.05, 0) is 18.6 Å². The fraction of sp³-hybridized carbons (Fsp3) is 0.231. The first-order valence-electron chi connectivity index (χ1n) is 5.75. The van der Waals surface area contributed by atoms with Crippen LogP contribution in [0.2, 0.25) is 5.02 Å². The van der Waals surface area contributed by atoms with E-state index in [-0.39, 0.29) is 5.56 Å². The van der Waals surface area contributed by atoms with E-state index < -0.39 is 0 Å². The first-order valence-corrected chi connectivity index (χ1v) is 6.13. The lowest BCUT2D eigenvalue weighted by Crippen LogP contribution is -2.23. The maximum Gasteiger partial charge on any atom is 0.293 e. The lowest BCUT2D eigenvalue weighted by Gasteiger charge is -2.08. The zero-order valence-electron chi connectivity index (χ0n) is 10.1. The van der Waals surface area contributed by atoms with Gasteiger partial charge in [0.05, 0.1) is 0 Å². The van der Waals surface area contributed by atoms with Gasteiger partial charge in [-0.25, -0.2) is 4.98 Å². The smallest absolute Gasteiger partial charge is 0.293 e. The topological polar surface area (TPSA) is 46.9 Å². The molecule has 0 unspecified atom stereocenters. The quantitative estimate of drug-likeness (QED) is 0.922. The average molecular weight is 264 g/mol. The van der Waals surface area contributed by atoms with Gasteiger partial charge in [0.25, 0.3) is 5.56 Å². The summed E-state index contributed by atoms with van der Waals surface area (Å²) in [6.45, 7) is 3.02. The summed E-state index contributed by atoms with van der Waals surface area (Å²) in [7, 11) is 0. The van der Waals surface area contributed by atoms with Gasteiger partial charge in [0, 0.05) is 30.5 Å². The first-order chi connectivity index (χ1) is 8.72. The minimum atomic E-state index is -0.118. The van der Waals surface area contributed by atoms with Gasteiger partial charge < -0.3 is 9.88 Å². The number of nitrogens with one attached hydrogen (secondary N) is 1. The predicted molar refractivity (Wildman–Crippen MR) is 72.9 cm³/mol. The van der Waals surface area contributed by atoms with E-state index in [0.29, 0.717) is 23.9 Å². The van der Waals surface area contributed by atoms with Crippen molar-refractivity contribution in [2.75, 3.05) is 5.32 Å². The van der Waals surface area contributed by atoms with Gasteiger partial charge in [-0.1, -0.05) is 29.8 Å². The summed E-state index contributed by atoms with van der Waals surface area (Å²) in [6, 6.07) is 7.51. The minimum absolute atomic E-state index is 0.118. The Hall–Kier alpha value is -1.81. The van der Waals surface area contributed by atoms with E-state index in [1.54, 1.807) is 17.0 Å².